The quantitative estimate of drug-likeness (QED) is 0.780. The van der Waals surface area contributed by atoms with Gasteiger partial charge in [0.15, 0.2) is 0 Å². The molecule has 0 unspecified atom stereocenters. The number of amides is 1. The Hall–Kier alpha value is -3.02. The first kappa shape index (κ1) is 14.9. The number of aromatic nitrogens is 4. The van der Waals surface area contributed by atoms with Crippen molar-refractivity contribution >= 4 is 11.6 Å². The summed E-state index contributed by atoms with van der Waals surface area (Å²) >= 11 is 0. The monoisotopic (exact) mass is 306 g/mol. The van der Waals surface area contributed by atoms with Gasteiger partial charge in [-0.1, -0.05) is 48.0 Å². The Bertz CT molecular complexity index is 771. The second kappa shape index (κ2) is 6.83. The van der Waals surface area contributed by atoms with Crippen LogP contribution in [0.2, 0.25) is 0 Å². The summed E-state index contributed by atoms with van der Waals surface area (Å²) in [6, 6.07) is 17.3. The summed E-state index contributed by atoms with van der Waals surface area (Å²) in [5.41, 5.74) is 2.92. The van der Waals surface area contributed by atoms with Crippen LogP contribution in [0.25, 0.3) is 0 Å². The van der Waals surface area contributed by atoms with Crippen molar-refractivity contribution in [3.63, 3.8) is 0 Å². The molecule has 0 fully saturated rings. The van der Waals surface area contributed by atoms with E-state index in [2.05, 4.69) is 25.9 Å². The summed E-state index contributed by atoms with van der Waals surface area (Å²) in [6.45, 7) is 2.02. The van der Waals surface area contributed by atoms with E-state index in [0.717, 1.165) is 16.8 Å². The molecule has 0 aliphatic rings. The molecule has 0 aliphatic carbocycles. The van der Waals surface area contributed by atoms with Gasteiger partial charge >= 0.3 is 0 Å². The van der Waals surface area contributed by atoms with E-state index < -0.39 is 5.92 Å². The maximum absolute atomic E-state index is 12.7. The lowest BCUT2D eigenvalue weighted by atomic mass is 9.96. The molecule has 1 aromatic heterocycles. The van der Waals surface area contributed by atoms with Gasteiger partial charge in [-0.25, -0.2) is 0 Å². The van der Waals surface area contributed by atoms with Gasteiger partial charge in [0, 0.05) is 11.5 Å². The number of hydrogen-bond acceptors (Lipinski definition) is 4. The smallest absolute Gasteiger partial charge is 0.232 e. The number of carbonyl (C=O) groups excluding carboxylic acids is 1. The highest BCUT2D eigenvalue weighted by Crippen LogP contribution is 2.20. The lowest BCUT2D eigenvalue weighted by Crippen LogP contribution is -2.24. The number of nitrogens with zero attached hydrogens (tertiary/aromatic N) is 4. The average Bonchev–Trinajstić information content (AvgIpc) is 3.07. The van der Waals surface area contributed by atoms with Crippen molar-refractivity contribution in [2.75, 3.05) is 5.32 Å². The van der Waals surface area contributed by atoms with Crippen LogP contribution in [-0.2, 0) is 11.2 Å². The average molecular weight is 306 g/mol. The topological polar surface area (TPSA) is 81.9 Å². The zero-order valence-electron chi connectivity index (χ0n) is 12.7. The summed E-state index contributed by atoms with van der Waals surface area (Å²) in [7, 11) is 0. The minimum atomic E-state index is -0.535. The van der Waals surface area contributed by atoms with Crippen molar-refractivity contribution in [2.45, 2.75) is 19.3 Å². The van der Waals surface area contributed by atoms with Crippen molar-refractivity contribution in [2.24, 2.45) is 0 Å². The lowest BCUT2D eigenvalue weighted by Gasteiger charge is -2.17. The fourth-order valence-electron chi connectivity index (χ4n) is 2.42. The Morgan fingerprint density at radius 3 is 2.70 bits per heavy atom. The Morgan fingerprint density at radius 1 is 1.17 bits per heavy atom. The molecule has 6 nitrogen and oxygen atoms in total. The Kier molecular flexibility index (Phi) is 4.42. The molecule has 0 bridgehead atoms. The Balaban J connectivity index is 1.82. The molecular formula is C17H16N5O-. The van der Waals surface area contributed by atoms with Gasteiger partial charge in [-0.2, -0.15) is 5.21 Å². The number of tetrazole rings is 1. The van der Waals surface area contributed by atoms with E-state index in [4.69, 9.17) is 0 Å². The zero-order valence-corrected chi connectivity index (χ0v) is 12.7. The molecule has 1 N–H and O–H groups in total. The minimum Gasteiger partial charge on any atom is -0.335 e. The van der Waals surface area contributed by atoms with Crippen molar-refractivity contribution in [1.82, 2.24) is 20.6 Å². The molecule has 2 aromatic carbocycles. The molecule has 23 heavy (non-hydrogen) atoms. The van der Waals surface area contributed by atoms with Crippen LogP contribution in [0.1, 0.15) is 22.9 Å². The van der Waals surface area contributed by atoms with E-state index in [9.17, 15) is 4.79 Å². The van der Waals surface area contributed by atoms with Crippen molar-refractivity contribution < 1.29 is 4.79 Å². The van der Waals surface area contributed by atoms with Gasteiger partial charge in [0.05, 0.1) is 5.92 Å². The Morgan fingerprint density at radius 2 is 2.00 bits per heavy atom. The minimum absolute atomic E-state index is 0.174. The van der Waals surface area contributed by atoms with Crippen LogP contribution in [-0.4, -0.2) is 21.4 Å². The van der Waals surface area contributed by atoms with Crippen LogP contribution in [0.5, 0.6) is 0 Å². The zero-order chi connectivity index (χ0) is 16.1. The molecule has 6 heteroatoms. The number of nitrogens with one attached hydrogen (secondary N) is 1. The molecule has 0 saturated heterocycles. The van der Waals surface area contributed by atoms with Crippen molar-refractivity contribution in [3.8, 4) is 0 Å². The molecule has 1 amide bonds. The molecule has 0 radical (unpaired) electrons. The normalized spacial score (nSPS) is 11.9. The maximum atomic E-state index is 12.7. The van der Waals surface area contributed by atoms with Crippen LogP contribution in [0, 0.1) is 6.92 Å². The third-order valence-electron chi connectivity index (χ3n) is 3.53. The predicted molar refractivity (Wildman–Crippen MR) is 85.8 cm³/mol. The summed E-state index contributed by atoms with van der Waals surface area (Å²) in [5, 5.41) is 17.6. The van der Waals surface area contributed by atoms with E-state index >= 15 is 0 Å². The maximum Gasteiger partial charge on any atom is 0.232 e. The summed E-state index contributed by atoms with van der Waals surface area (Å²) in [4.78, 5) is 12.7. The van der Waals surface area contributed by atoms with Gasteiger partial charge in [-0.05, 0) is 31.0 Å². The molecular weight excluding hydrogens is 290 g/mol. The highest BCUT2D eigenvalue weighted by atomic mass is 16.1. The van der Waals surface area contributed by atoms with Gasteiger partial charge in [-0.3, -0.25) is 15.1 Å². The van der Waals surface area contributed by atoms with Crippen LogP contribution in [0.4, 0.5) is 5.69 Å². The first-order valence-electron chi connectivity index (χ1n) is 7.32. The number of anilines is 1. The third-order valence-corrected chi connectivity index (χ3v) is 3.53. The highest BCUT2D eigenvalue weighted by molar-refractivity contribution is 5.95. The molecule has 116 valence electrons. The largest absolute Gasteiger partial charge is 0.335 e. The van der Waals surface area contributed by atoms with E-state index in [1.807, 2.05) is 61.5 Å². The second-order valence-electron chi connectivity index (χ2n) is 5.34. The van der Waals surface area contributed by atoms with Gasteiger partial charge in [0.25, 0.3) is 0 Å². The number of benzene rings is 2. The van der Waals surface area contributed by atoms with Crippen LogP contribution >= 0.6 is 0 Å². The fraction of sp³-hybridized carbons (Fsp3) is 0.176. The number of carbonyl (C=O) groups is 1. The number of aryl methyl sites for hydroxylation is 1. The molecule has 0 saturated carbocycles. The standard InChI is InChI=1S/C17H17N5O/c1-12-6-5-7-13(10-12)11-15(16-19-21-22-20-16)17(23)18-14-8-3-2-4-9-14/h2-10,15H,11H2,1H3,(H2,18,19,20,21,22,23)/p-1/t15-/m0/s1. The van der Waals surface area contributed by atoms with E-state index in [1.54, 1.807) is 0 Å². The summed E-state index contributed by atoms with van der Waals surface area (Å²) in [6.07, 6.45) is 0.494. The number of para-hydroxylation sites is 1. The van der Waals surface area contributed by atoms with Crippen molar-refractivity contribution in [3.05, 3.63) is 71.5 Å². The first-order valence-corrected chi connectivity index (χ1v) is 7.32. The SMILES string of the molecule is Cc1cccc(C[C@H](C(=O)Nc2ccccc2)c2nnn[n-]2)c1. The van der Waals surface area contributed by atoms with Gasteiger partial charge in [0.1, 0.15) is 0 Å². The predicted octanol–water partition coefficient (Wildman–Crippen LogP) is 2.10. The molecule has 0 spiro atoms. The van der Waals surface area contributed by atoms with Crippen LogP contribution in [0.3, 0.4) is 0 Å². The third kappa shape index (κ3) is 3.79. The first-order chi connectivity index (χ1) is 11.2. The molecule has 0 aliphatic heterocycles. The summed E-state index contributed by atoms with van der Waals surface area (Å²) < 4.78 is 0. The van der Waals surface area contributed by atoms with Gasteiger partial charge in [0.2, 0.25) is 5.91 Å². The highest BCUT2D eigenvalue weighted by Gasteiger charge is 2.21. The molecule has 1 heterocycles. The van der Waals surface area contributed by atoms with E-state index in [0.29, 0.717) is 12.2 Å². The van der Waals surface area contributed by atoms with E-state index in [1.165, 1.54) is 0 Å². The molecule has 1 atom stereocenters. The van der Waals surface area contributed by atoms with Crippen LogP contribution in [0.15, 0.2) is 54.6 Å². The van der Waals surface area contributed by atoms with Gasteiger partial charge < -0.3 is 10.4 Å². The van der Waals surface area contributed by atoms with E-state index in [-0.39, 0.29) is 5.91 Å². The van der Waals surface area contributed by atoms with Crippen molar-refractivity contribution in [1.29, 1.82) is 0 Å². The number of rotatable bonds is 5. The lowest BCUT2D eigenvalue weighted by molar-refractivity contribution is -0.117. The summed E-state index contributed by atoms with van der Waals surface area (Å²) in [5.74, 6) is -0.376. The number of hydrogen-bond donors (Lipinski definition) is 1. The fourth-order valence-corrected chi connectivity index (χ4v) is 2.42. The second-order valence-corrected chi connectivity index (χ2v) is 5.34. The molecule has 3 rings (SSSR count). The van der Waals surface area contributed by atoms with Gasteiger partial charge in [-0.15, -0.1) is 0 Å². The Labute approximate surface area is 133 Å². The molecule has 3 aromatic rings. The van der Waals surface area contributed by atoms with Crippen LogP contribution < -0.4 is 10.4 Å².